The summed E-state index contributed by atoms with van der Waals surface area (Å²) in [5, 5.41) is 0. The normalized spacial score (nSPS) is 11.7. The average Bonchev–Trinajstić information content (AvgIpc) is 2.05. The molecular weight excluding hydrogens is 277 g/mol. The minimum atomic E-state index is 0. The average molecular weight is 285 g/mol. The molecule has 0 N–H and O–H groups in total. The molecule has 1 aliphatic heterocycles. The van der Waals surface area contributed by atoms with Crippen LogP contribution in [0.3, 0.4) is 0 Å². The summed E-state index contributed by atoms with van der Waals surface area (Å²) in [6.07, 6.45) is 4.75. The van der Waals surface area contributed by atoms with Crippen molar-refractivity contribution in [1.82, 2.24) is 0 Å². The van der Waals surface area contributed by atoms with Gasteiger partial charge in [-0.05, 0) is 24.1 Å². The number of fused-ring (bicyclic) bond motifs is 1. The fourth-order valence-electron chi connectivity index (χ4n) is 1.08. The van der Waals surface area contributed by atoms with Crippen LogP contribution in [-0.2, 0) is 11.9 Å². The molecule has 12 heavy (non-hydrogen) atoms. The summed E-state index contributed by atoms with van der Waals surface area (Å²) < 4.78 is 5.24. The van der Waals surface area contributed by atoms with E-state index in [9.17, 15) is 0 Å². The maximum absolute atomic E-state index is 5.24. The Morgan fingerprint density at radius 3 is 2.67 bits per heavy atom. The van der Waals surface area contributed by atoms with E-state index in [1.54, 1.807) is 6.26 Å². The standard InChI is InChI=1S/C9H8O.Ba.O/c1-2-6-9-8(4-1)5-3-7-10-9;;/h1-4,6-7H,5H2;;/q;+2;-2. The van der Waals surface area contributed by atoms with Crippen LogP contribution in [0.1, 0.15) is 5.56 Å². The number of hydrogen-bond donors (Lipinski definition) is 0. The Labute approximate surface area is 112 Å². The molecule has 2 rings (SSSR count). The molecule has 0 amide bonds. The number of rotatable bonds is 0. The summed E-state index contributed by atoms with van der Waals surface area (Å²) in [5.41, 5.74) is 1.27. The molecule has 0 spiro atoms. The van der Waals surface area contributed by atoms with E-state index in [4.69, 9.17) is 4.74 Å². The zero-order valence-corrected chi connectivity index (χ0v) is 11.1. The molecule has 0 unspecified atom stereocenters. The van der Waals surface area contributed by atoms with Crippen molar-refractivity contribution in [1.29, 1.82) is 0 Å². The summed E-state index contributed by atoms with van der Waals surface area (Å²) in [7, 11) is 0. The van der Waals surface area contributed by atoms with Crippen LogP contribution < -0.4 is 4.74 Å². The summed E-state index contributed by atoms with van der Waals surface area (Å²) in [6.45, 7) is 0. The van der Waals surface area contributed by atoms with Gasteiger partial charge in [-0.25, -0.2) is 0 Å². The Morgan fingerprint density at radius 1 is 1.17 bits per heavy atom. The number of hydrogen-bond acceptors (Lipinski definition) is 1. The van der Waals surface area contributed by atoms with Gasteiger partial charge in [0.25, 0.3) is 0 Å². The van der Waals surface area contributed by atoms with Crippen LogP contribution in [0, 0.1) is 0 Å². The van der Waals surface area contributed by atoms with Crippen molar-refractivity contribution < 1.29 is 10.2 Å². The van der Waals surface area contributed by atoms with Crippen LogP contribution in [0.15, 0.2) is 36.6 Å². The van der Waals surface area contributed by atoms with Crippen LogP contribution in [0.4, 0.5) is 0 Å². The van der Waals surface area contributed by atoms with Gasteiger partial charge < -0.3 is 10.2 Å². The largest absolute Gasteiger partial charge is 2.00 e. The second-order valence-corrected chi connectivity index (χ2v) is 2.30. The molecule has 2 nitrogen and oxygen atoms in total. The van der Waals surface area contributed by atoms with E-state index in [2.05, 4.69) is 6.07 Å². The van der Waals surface area contributed by atoms with Gasteiger partial charge in [0.1, 0.15) is 5.75 Å². The number of benzene rings is 1. The van der Waals surface area contributed by atoms with Crippen molar-refractivity contribution >= 4 is 48.9 Å². The third-order valence-electron chi connectivity index (χ3n) is 1.60. The first-order valence-corrected chi connectivity index (χ1v) is 3.36. The molecule has 3 heteroatoms. The van der Waals surface area contributed by atoms with Gasteiger partial charge in [0.2, 0.25) is 0 Å². The zero-order chi connectivity index (χ0) is 6.81. The first-order chi connectivity index (χ1) is 4.97. The molecular formula is C9H8BaO2. The van der Waals surface area contributed by atoms with E-state index in [-0.39, 0.29) is 54.4 Å². The number of para-hydroxylation sites is 1. The third kappa shape index (κ3) is 2.66. The molecule has 0 bridgehead atoms. The zero-order valence-electron chi connectivity index (χ0n) is 6.69. The Balaban J connectivity index is 0.000000605. The summed E-state index contributed by atoms with van der Waals surface area (Å²) >= 11 is 0. The van der Waals surface area contributed by atoms with E-state index < -0.39 is 0 Å². The van der Waals surface area contributed by atoms with Crippen molar-refractivity contribution in [2.75, 3.05) is 0 Å². The van der Waals surface area contributed by atoms with Gasteiger partial charge in [0.05, 0.1) is 6.26 Å². The molecule has 1 heterocycles. The second-order valence-electron chi connectivity index (χ2n) is 2.30. The van der Waals surface area contributed by atoms with Crippen molar-refractivity contribution in [3.8, 4) is 5.75 Å². The molecule has 0 saturated carbocycles. The van der Waals surface area contributed by atoms with Crippen LogP contribution in [-0.4, -0.2) is 48.9 Å². The first-order valence-electron chi connectivity index (χ1n) is 3.36. The maximum Gasteiger partial charge on any atom is 2.00 e. The van der Waals surface area contributed by atoms with E-state index in [1.165, 1.54) is 5.56 Å². The van der Waals surface area contributed by atoms with Crippen molar-refractivity contribution in [3.63, 3.8) is 0 Å². The van der Waals surface area contributed by atoms with Crippen LogP contribution in [0.2, 0.25) is 0 Å². The topological polar surface area (TPSA) is 37.7 Å². The minimum Gasteiger partial charge on any atom is -2.00 e. The molecule has 1 aromatic carbocycles. The summed E-state index contributed by atoms with van der Waals surface area (Å²) in [6, 6.07) is 8.08. The van der Waals surface area contributed by atoms with Gasteiger partial charge in [-0.3, -0.25) is 0 Å². The van der Waals surface area contributed by atoms with Crippen molar-refractivity contribution in [2.45, 2.75) is 6.42 Å². The molecule has 1 aliphatic rings. The number of allylic oxidation sites excluding steroid dienone is 1. The quantitative estimate of drug-likeness (QED) is 0.668. The van der Waals surface area contributed by atoms with Gasteiger partial charge in [0.15, 0.2) is 0 Å². The minimum absolute atomic E-state index is 0. The van der Waals surface area contributed by atoms with Gasteiger partial charge in [-0.15, -0.1) is 0 Å². The Morgan fingerprint density at radius 2 is 1.92 bits per heavy atom. The van der Waals surface area contributed by atoms with Gasteiger partial charge >= 0.3 is 48.9 Å². The Hall–Kier alpha value is 0.291. The molecule has 58 valence electrons. The number of ether oxygens (including phenoxy) is 1. The Kier molecular flexibility index (Phi) is 6.00. The van der Waals surface area contributed by atoms with Crippen molar-refractivity contribution in [3.05, 3.63) is 42.2 Å². The second kappa shape index (κ2) is 5.86. The van der Waals surface area contributed by atoms with E-state index in [0.29, 0.717) is 0 Å². The predicted molar refractivity (Wildman–Crippen MR) is 46.4 cm³/mol. The van der Waals surface area contributed by atoms with E-state index in [1.807, 2.05) is 24.3 Å². The van der Waals surface area contributed by atoms with Gasteiger partial charge in [-0.1, -0.05) is 18.2 Å². The van der Waals surface area contributed by atoms with Crippen LogP contribution in [0.5, 0.6) is 5.75 Å². The monoisotopic (exact) mass is 286 g/mol. The van der Waals surface area contributed by atoms with E-state index >= 15 is 0 Å². The maximum atomic E-state index is 5.24. The molecule has 0 radical (unpaired) electrons. The van der Waals surface area contributed by atoms with Crippen LogP contribution in [0.25, 0.3) is 0 Å². The third-order valence-corrected chi connectivity index (χ3v) is 1.60. The predicted octanol–water partition coefficient (Wildman–Crippen LogP) is 1.64. The molecule has 0 saturated heterocycles. The van der Waals surface area contributed by atoms with Gasteiger partial charge in [0, 0.05) is 0 Å². The first kappa shape index (κ1) is 12.3. The fraction of sp³-hybridized carbons (Fsp3) is 0.111. The summed E-state index contributed by atoms with van der Waals surface area (Å²) in [5.74, 6) is 0.991. The fourth-order valence-corrected chi connectivity index (χ4v) is 1.08. The van der Waals surface area contributed by atoms with Gasteiger partial charge in [-0.2, -0.15) is 0 Å². The summed E-state index contributed by atoms with van der Waals surface area (Å²) in [4.78, 5) is 0. The molecule has 0 fully saturated rings. The smallest absolute Gasteiger partial charge is 2.00 e. The molecule has 0 atom stereocenters. The molecule has 0 aromatic heterocycles. The van der Waals surface area contributed by atoms with Crippen LogP contribution >= 0.6 is 0 Å². The molecule has 0 aliphatic carbocycles. The molecule has 1 aromatic rings. The SMILES string of the molecule is C1=COc2ccccc2C1.[Ba+2].[O-2]. The van der Waals surface area contributed by atoms with Crippen molar-refractivity contribution in [2.24, 2.45) is 0 Å². The Bertz CT molecular complexity index is 244. The van der Waals surface area contributed by atoms with E-state index in [0.717, 1.165) is 12.2 Å².